The molecule has 1 unspecified atom stereocenters. The molecule has 0 saturated carbocycles. The first-order valence-electron chi connectivity index (χ1n) is 6.53. The third kappa shape index (κ3) is 3.98. The number of likely N-dealkylation sites (N-methyl/N-ethyl adjacent to an activating group) is 1. The predicted molar refractivity (Wildman–Crippen MR) is 90.7 cm³/mol. The smallest absolute Gasteiger partial charge is 0.0453 e. The maximum Gasteiger partial charge on any atom is 0.0453 e. The van der Waals surface area contributed by atoms with Crippen molar-refractivity contribution in [2.45, 2.75) is 19.4 Å². The van der Waals surface area contributed by atoms with Crippen molar-refractivity contribution in [2.24, 2.45) is 0 Å². The normalized spacial score (nSPS) is 12.4. The van der Waals surface area contributed by atoms with E-state index in [4.69, 9.17) is 23.2 Å². The molecule has 0 fully saturated rings. The van der Waals surface area contributed by atoms with E-state index < -0.39 is 0 Å². The summed E-state index contributed by atoms with van der Waals surface area (Å²) >= 11 is 16.0. The number of nitrogens with one attached hydrogen (secondary N) is 1. The Kier molecular flexibility index (Phi) is 5.91. The number of benzene rings is 2. The van der Waals surface area contributed by atoms with Gasteiger partial charge in [0.1, 0.15) is 0 Å². The molecule has 0 saturated heterocycles. The highest BCUT2D eigenvalue weighted by Crippen LogP contribution is 2.29. The van der Waals surface area contributed by atoms with Crippen molar-refractivity contribution in [1.29, 1.82) is 0 Å². The van der Waals surface area contributed by atoms with E-state index in [1.807, 2.05) is 30.3 Å². The first kappa shape index (κ1) is 15.8. The molecular weight excluding hydrogens is 357 g/mol. The van der Waals surface area contributed by atoms with Crippen molar-refractivity contribution < 1.29 is 0 Å². The third-order valence-electron chi connectivity index (χ3n) is 3.19. The number of halogens is 3. The van der Waals surface area contributed by atoms with Crippen molar-refractivity contribution in [2.75, 3.05) is 6.54 Å². The lowest BCUT2D eigenvalue weighted by Crippen LogP contribution is -2.23. The molecule has 1 nitrogen and oxygen atoms in total. The minimum atomic E-state index is 0.200. The number of rotatable bonds is 5. The van der Waals surface area contributed by atoms with Crippen LogP contribution in [0, 0.1) is 0 Å². The summed E-state index contributed by atoms with van der Waals surface area (Å²) in [5.41, 5.74) is 2.22. The second-order valence-electron chi connectivity index (χ2n) is 4.57. The van der Waals surface area contributed by atoms with Crippen LogP contribution in [0.5, 0.6) is 0 Å². The molecule has 0 spiro atoms. The van der Waals surface area contributed by atoms with Gasteiger partial charge in [-0.1, -0.05) is 64.3 Å². The molecule has 0 aliphatic heterocycles. The van der Waals surface area contributed by atoms with Crippen molar-refractivity contribution in [3.63, 3.8) is 0 Å². The molecule has 0 aliphatic carbocycles. The minimum absolute atomic E-state index is 0.200. The van der Waals surface area contributed by atoms with E-state index >= 15 is 0 Å². The summed E-state index contributed by atoms with van der Waals surface area (Å²) in [5, 5.41) is 4.93. The van der Waals surface area contributed by atoms with Gasteiger partial charge in [0.2, 0.25) is 0 Å². The first-order chi connectivity index (χ1) is 9.61. The monoisotopic (exact) mass is 371 g/mol. The topological polar surface area (TPSA) is 12.0 Å². The van der Waals surface area contributed by atoms with Crippen LogP contribution in [0.4, 0.5) is 0 Å². The van der Waals surface area contributed by atoms with Crippen LogP contribution in [0.2, 0.25) is 10.0 Å². The highest BCUT2D eigenvalue weighted by molar-refractivity contribution is 9.10. The molecule has 0 radical (unpaired) electrons. The van der Waals surface area contributed by atoms with Crippen LogP contribution in [0.15, 0.2) is 46.9 Å². The van der Waals surface area contributed by atoms with Gasteiger partial charge in [-0.2, -0.15) is 0 Å². The Balaban J connectivity index is 2.28. The first-order valence-corrected chi connectivity index (χ1v) is 8.08. The van der Waals surface area contributed by atoms with Gasteiger partial charge in [-0.05, 0) is 48.4 Å². The van der Waals surface area contributed by atoms with Gasteiger partial charge in [0.15, 0.2) is 0 Å². The molecule has 1 N–H and O–H groups in total. The average Bonchev–Trinajstić information content (AvgIpc) is 2.43. The molecule has 2 rings (SSSR count). The Morgan fingerprint density at radius 3 is 2.20 bits per heavy atom. The lowest BCUT2D eigenvalue weighted by Gasteiger charge is -2.20. The highest BCUT2D eigenvalue weighted by atomic mass is 79.9. The molecule has 0 bridgehead atoms. The summed E-state index contributed by atoms with van der Waals surface area (Å²) in [6.07, 6.45) is 0.772. The molecule has 2 aromatic rings. The molecular formula is C16H16BrCl2N. The summed E-state index contributed by atoms with van der Waals surface area (Å²) in [6, 6.07) is 14.2. The Hall–Kier alpha value is -0.540. The van der Waals surface area contributed by atoms with Gasteiger partial charge < -0.3 is 5.32 Å². The van der Waals surface area contributed by atoms with E-state index in [-0.39, 0.29) is 6.04 Å². The molecule has 0 heterocycles. The van der Waals surface area contributed by atoms with Crippen molar-refractivity contribution in [3.8, 4) is 0 Å². The fourth-order valence-corrected chi connectivity index (χ4v) is 3.00. The van der Waals surface area contributed by atoms with E-state index in [0.29, 0.717) is 0 Å². The zero-order chi connectivity index (χ0) is 14.5. The van der Waals surface area contributed by atoms with Gasteiger partial charge in [0.05, 0.1) is 0 Å². The predicted octanol–water partition coefficient (Wildman–Crippen LogP) is 5.65. The standard InChI is InChI=1S/C16H16BrCl2N/c1-2-20-16(11-6-8-12(17)9-7-11)10-13-14(18)4-3-5-15(13)19/h3-9,16,20H,2,10H2,1H3. The fourth-order valence-electron chi connectivity index (χ4n) is 2.18. The lowest BCUT2D eigenvalue weighted by atomic mass is 9.98. The highest BCUT2D eigenvalue weighted by Gasteiger charge is 2.15. The van der Waals surface area contributed by atoms with Crippen LogP contribution >= 0.6 is 39.1 Å². The Labute approximate surface area is 138 Å². The molecule has 4 heteroatoms. The van der Waals surface area contributed by atoms with Crippen molar-refractivity contribution in [3.05, 3.63) is 68.1 Å². The zero-order valence-corrected chi connectivity index (χ0v) is 14.3. The molecule has 20 heavy (non-hydrogen) atoms. The molecule has 0 amide bonds. The van der Waals surface area contributed by atoms with Crippen LogP contribution in [0.1, 0.15) is 24.1 Å². The van der Waals surface area contributed by atoms with Crippen LogP contribution < -0.4 is 5.32 Å². The maximum atomic E-state index is 6.27. The average molecular weight is 373 g/mol. The summed E-state index contributed by atoms with van der Waals surface area (Å²) < 4.78 is 1.08. The van der Waals surface area contributed by atoms with E-state index in [0.717, 1.165) is 33.0 Å². The third-order valence-corrected chi connectivity index (χ3v) is 4.43. The summed E-state index contributed by atoms with van der Waals surface area (Å²) in [6.45, 7) is 2.99. The van der Waals surface area contributed by atoms with Gasteiger partial charge in [-0.3, -0.25) is 0 Å². The quantitative estimate of drug-likeness (QED) is 0.714. The molecule has 106 valence electrons. The molecule has 0 aromatic heterocycles. The Bertz CT molecular complexity index is 549. The van der Waals surface area contributed by atoms with Gasteiger partial charge in [-0.15, -0.1) is 0 Å². The Morgan fingerprint density at radius 1 is 1.05 bits per heavy atom. The Morgan fingerprint density at radius 2 is 1.65 bits per heavy atom. The van der Waals surface area contributed by atoms with Gasteiger partial charge in [-0.25, -0.2) is 0 Å². The van der Waals surface area contributed by atoms with Gasteiger partial charge >= 0.3 is 0 Å². The molecule has 1 atom stereocenters. The van der Waals surface area contributed by atoms with E-state index in [2.05, 4.69) is 40.3 Å². The largest absolute Gasteiger partial charge is 0.310 e. The maximum absolute atomic E-state index is 6.27. The minimum Gasteiger partial charge on any atom is -0.310 e. The SMILES string of the molecule is CCNC(Cc1c(Cl)cccc1Cl)c1ccc(Br)cc1. The second kappa shape index (κ2) is 7.46. The second-order valence-corrected chi connectivity index (χ2v) is 6.30. The fraction of sp³-hybridized carbons (Fsp3) is 0.250. The van der Waals surface area contributed by atoms with E-state index in [1.54, 1.807) is 0 Å². The zero-order valence-electron chi connectivity index (χ0n) is 11.2. The van der Waals surface area contributed by atoms with Gasteiger partial charge in [0.25, 0.3) is 0 Å². The van der Waals surface area contributed by atoms with Crippen LogP contribution in [0.3, 0.4) is 0 Å². The van der Waals surface area contributed by atoms with Gasteiger partial charge in [0, 0.05) is 20.6 Å². The molecule has 2 aromatic carbocycles. The molecule has 0 aliphatic rings. The number of hydrogen-bond acceptors (Lipinski definition) is 1. The number of hydrogen-bond donors (Lipinski definition) is 1. The van der Waals surface area contributed by atoms with Crippen LogP contribution in [0.25, 0.3) is 0 Å². The summed E-state index contributed by atoms with van der Waals surface area (Å²) in [5.74, 6) is 0. The van der Waals surface area contributed by atoms with E-state index in [1.165, 1.54) is 5.56 Å². The van der Waals surface area contributed by atoms with Crippen molar-refractivity contribution in [1.82, 2.24) is 5.32 Å². The summed E-state index contributed by atoms with van der Waals surface area (Å²) in [4.78, 5) is 0. The van der Waals surface area contributed by atoms with E-state index in [9.17, 15) is 0 Å². The lowest BCUT2D eigenvalue weighted by molar-refractivity contribution is 0.550. The van der Waals surface area contributed by atoms with Crippen LogP contribution in [-0.2, 0) is 6.42 Å². The van der Waals surface area contributed by atoms with Crippen molar-refractivity contribution >= 4 is 39.1 Å². The van der Waals surface area contributed by atoms with Crippen LogP contribution in [-0.4, -0.2) is 6.54 Å². The summed E-state index contributed by atoms with van der Waals surface area (Å²) in [7, 11) is 0.